The maximum atomic E-state index is 13.8. The monoisotopic (exact) mass is 667 g/mol. The third-order valence-electron chi connectivity index (χ3n) is 7.44. The Morgan fingerprint density at radius 2 is 1.42 bits per heavy atom. The van der Waals surface area contributed by atoms with Gasteiger partial charge < -0.3 is 30.2 Å². The van der Waals surface area contributed by atoms with E-state index in [1.54, 1.807) is 60.7 Å². The van der Waals surface area contributed by atoms with Gasteiger partial charge in [-0.15, -0.1) is 11.8 Å². The van der Waals surface area contributed by atoms with Crippen LogP contribution in [0.15, 0.2) is 102 Å². The third kappa shape index (κ3) is 9.42. The SMILES string of the molecule is CCC(Sc1cccc(NC(=O)/C(=C\c2cc(OC)c(OC)cc2OC)NC(=O)c2ccccc2)c1)C(=O)Nc1ccc(C(C)C)cc1. The van der Waals surface area contributed by atoms with E-state index in [0.29, 0.717) is 46.4 Å². The van der Waals surface area contributed by atoms with E-state index >= 15 is 0 Å². The highest BCUT2D eigenvalue weighted by atomic mass is 32.2. The number of nitrogens with one attached hydrogen (secondary N) is 3. The summed E-state index contributed by atoms with van der Waals surface area (Å²) in [6, 6.07) is 27.0. The molecule has 48 heavy (non-hydrogen) atoms. The first-order valence-electron chi connectivity index (χ1n) is 15.5. The first-order valence-corrected chi connectivity index (χ1v) is 16.4. The molecule has 0 heterocycles. The molecule has 0 saturated heterocycles. The molecule has 4 aromatic carbocycles. The van der Waals surface area contributed by atoms with Gasteiger partial charge in [0.15, 0.2) is 11.5 Å². The molecular formula is C38H41N3O6S. The topological polar surface area (TPSA) is 115 Å². The van der Waals surface area contributed by atoms with Gasteiger partial charge in [0.1, 0.15) is 11.4 Å². The zero-order chi connectivity index (χ0) is 34.6. The van der Waals surface area contributed by atoms with E-state index in [4.69, 9.17) is 14.2 Å². The predicted octanol–water partition coefficient (Wildman–Crippen LogP) is 7.75. The summed E-state index contributed by atoms with van der Waals surface area (Å²) in [4.78, 5) is 40.9. The van der Waals surface area contributed by atoms with E-state index in [-0.39, 0.29) is 16.9 Å². The van der Waals surface area contributed by atoms with Gasteiger partial charge in [-0.3, -0.25) is 14.4 Å². The summed E-state index contributed by atoms with van der Waals surface area (Å²) in [7, 11) is 4.51. The normalized spacial score (nSPS) is 11.8. The minimum absolute atomic E-state index is 0.0262. The van der Waals surface area contributed by atoms with Gasteiger partial charge in [-0.1, -0.05) is 57.2 Å². The molecule has 0 bridgehead atoms. The van der Waals surface area contributed by atoms with Crippen LogP contribution in [0.3, 0.4) is 0 Å². The second-order valence-electron chi connectivity index (χ2n) is 11.1. The molecule has 10 heteroatoms. The number of benzene rings is 4. The maximum absolute atomic E-state index is 13.8. The van der Waals surface area contributed by atoms with Crippen molar-refractivity contribution in [3.8, 4) is 17.2 Å². The second kappa shape index (κ2) is 17.1. The lowest BCUT2D eigenvalue weighted by atomic mass is 10.0. The first-order chi connectivity index (χ1) is 23.1. The Morgan fingerprint density at radius 1 is 0.750 bits per heavy atom. The number of hydrogen-bond acceptors (Lipinski definition) is 7. The van der Waals surface area contributed by atoms with Gasteiger partial charge in [0.2, 0.25) is 5.91 Å². The van der Waals surface area contributed by atoms with Crippen molar-refractivity contribution in [2.75, 3.05) is 32.0 Å². The molecule has 9 nitrogen and oxygen atoms in total. The summed E-state index contributed by atoms with van der Waals surface area (Å²) >= 11 is 1.41. The van der Waals surface area contributed by atoms with Crippen LogP contribution in [0.2, 0.25) is 0 Å². The highest BCUT2D eigenvalue weighted by molar-refractivity contribution is 8.00. The molecule has 0 saturated carbocycles. The molecule has 0 fully saturated rings. The van der Waals surface area contributed by atoms with Crippen molar-refractivity contribution >= 4 is 46.9 Å². The Kier molecular flexibility index (Phi) is 12.7. The first kappa shape index (κ1) is 35.6. The van der Waals surface area contributed by atoms with Crippen LogP contribution >= 0.6 is 11.8 Å². The van der Waals surface area contributed by atoms with Crippen LogP contribution in [0, 0.1) is 0 Å². The molecule has 0 aliphatic carbocycles. The molecule has 250 valence electrons. The minimum Gasteiger partial charge on any atom is -0.496 e. The fourth-order valence-electron chi connectivity index (χ4n) is 4.77. The number of carbonyl (C=O) groups is 3. The molecule has 0 aliphatic rings. The Morgan fingerprint density at radius 3 is 2.04 bits per heavy atom. The third-order valence-corrected chi connectivity index (χ3v) is 8.80. The molecule has 1 atom stereocenters. The van der Waals surface area contributed by atoms with Gasteiger partial charge in [-0.2, -0.15) is 0 Å². The summed E-state index contributed by atoms with van der Waals surface area (Å²) in [6.45, 7) is 6.21. The maximum Gasteiger partial charge on any atom is 0.272 e. The molecule has 0 aromatic heterocycles. The summed E-state index contributed by atoms with van der Waals surface area (Å²) in [5.41, 5.74) is 3.27. The Labute approximate surface area is 286 Å². The van der Waals surface area contributed by atoms with Gasteiger partial charge in [0.05, 0.1) is 26.6 Å². The number of methoxy groups -OCH3 is 3. The van der Waals surface area contributed by atoms with Crippen molar-refractivity contribution in [1.29, 1.82) is 0 Å². The van der Waals surface area contributed by atoms with E-state index < -0.39 is 11.8 Å². The van der Waals surface area contributed by atoms with Gasteiger partial charge in [-0.25, -0.2) is 0 Å². The molecule has 4 aromatic rings. The number of hydrogen-bond donors (Lipinski definition) is 3. The molecule has 0 aliphatic heterocycles. The van der Waals surface area contributed by atoms with Crippen molar-refractivity contribution in [3.63, 3.8) is 0 Å². The van der Waals surface area contributed by atoms with Crippen LogP contribution in [0.4, 0.5) is 11.4 Å². The van der Waals surface area contributed by atoms with E-state index in [2.05, 4.69) is 29.8 Å². The number of anilines is 2. The van der Waals surface area contributed by atoms with Crippen molar-refractivity contribution in [2.45, 2.75) is 43.3 Å². The van der Waals surface area contributed by atoms with Crippen LogP contribution in [0.25, 0.3) is 6.08 Å². The highest BCUT2D eigenvalue weighted by Crippen LogP contribution is 2.36. The highest BCUT2D eigenvalue weighted by Gasteiger charge is 2.20. The largest absolute Gasteiger partial charge is 0.496 e. The van der Waals surface area contributed by atoms with Crippen molar-refractivity contribution in [3.05, 3.63) is 113 Å². The van der Waals surface area contributed by atoms with E-state index in [0.717, 1.165) is 10.6 Å². The second-order valence-corrected chi connectivity index (χ2v) is 12.4. The summed E-state index contributed by atoms with van der Waals surface area (Å²) < 4.78 is 16.4. The number of carbonyl (C=O) groups excluding carboxylic acids is 3. The van der Waals surface area contributed by atoms with Crippen molar-refractivity contribution in [1.82, 2.24) is 5.32 Å². The quantitative estimate of drug-likeness (QED) is 0.0930. The molecule has 3 N–H and O–H groups in total. The average molecular weight is 668 g/mol. The molecule has 0 spiro atoms. The van der Waals surface area contributed by atoms with Crippen LogP contribution in [0.5, 0.6) is 17.2 Å². The van der Waals surface area contributed by atoms with Gasteiger partial charge >= 0.3 is 0 Å². The lowest BCUT2D eigenvalue weighted by Crippen LogP contribution is -2.30. The van der Waals surface area contributed by atoms with Crippen molar-refractivity contribution < 1.29 is 28.6 Å². The fourth-order valence-corrected chi connectivity index (χ4v) is 5.78. The number of rotatable bonds is 14. The number of thioether (sulfide) groups is 1. The summed E-state index contributed by atoms with van der Waals surface area (Å²) in [5, 5.41) is 8.29. The van der Waals surface area contributed by atoms with E-state index in [1.807, 2.05) is 37.3 Å². The number of ether oxygens (including phenoxy) is 3. The molecule has 3 amide bonds. The average Bonchev–Trinajstić information content (AvgIpc) is 3.10. The Bertz CT molecular complexity index is 1760. The smallest absolute Gasteiger partial charge is 0.272 e. The predicted molar refractivity (Wildman–Crippen MR) is 192 cm³/mol. The molecule has 4 rings (SSSR count). The molecular weight excluding hydrogens is 627 g/mol. The minimum atomic E-state index is -0.562. The van der Waals surface area contributed by atoms with Gasteiger partial charge in [0.25, 0.3) is 11.8 Å². The molecule has 1 unspecified atom stereocenters. The lowest BCUT2D eigenvalue weighted by molar-refractivity contribution is -0.116. The van der Waals surface area contributed by atoms with Crippen LogP contribution in [0.1, 0.15) is 54.6 Å². The molecule has 0 radical (unpaired) electrons. The summed E-state index contributed by atoms with van der Waals surface area (Å²) in [5.74, 6) is 0.553. The lowest BCUT2D eigenvalue weighted by Gasteiger charge is -2.17. The van der Waals surface area contributed by atoms with Crippen LogP contribution in [-0.4, -0.2) is 44.3 Å². The Hall–Kier alpha value is -5.22. The Balaban J connectivity index is 1.57. The zero-order valence-electron chi connectivity index (χ0n) is 28.0. The summed E-state index contributed by atoms with van der Waals surface area (Å²) in [6.07, 6.45) is 2.11. The van der Waals surface area contributed by atoms with Crippen molar-refractivity contribution in [2.24, 2.45) is 0 Å². The zero-order valence-corrected chi connectivity index (χ0v) is 28.8. The van der Waals surface area contributed by atoms with Gasteiger partial charge in [-0.05, 0) is 72.5 Å². The van der Waals surface area contributed by atoms with E-state index in [1.165, 1.54) is 44.7 Å². The van der Waals surface area contributed by atoms with Crippen LogP contribution < -0.4 is 30.2 Å². The van der Waals surface area contributed by atoms with E-state index in [9.17, 15) is 14.4 Å². The van der Waals surface area contributed by atoms with Crippen LogP contribution in [-0.2, 0) is 9.59 Å². The standard InChI is InChI=1S/C38H41N3O6S/c1-7-35(38(44)39-28-18-16-25(17-19-28)24(2)3)48-30-15-11-14-29(22-30)40-37(43)31(41-36(42)26-12-9-8-10-13-26)20-27-21-33(46-5)34(47-6)23-32(27)45-4/h8-24,35H,7H2,1-6H3,(H,39,44)(H,40,43)(H,41,42)/b31-20+. The van der Waals surface area contributed by atoms with Gasteiger partial charge in [0, 0.05) is 33.5 Å². The fraction of sp³-hybridized carbons (Fsp3) is 0.237. The number of amides is 3.